The molecule has 0 amide bonds. The maximum atomic E-state index is 12.3. The van der Waals surface area contributed by atoms with E-state index >= 15 is 0 Å². The van der Waals surface area contributed by atoms with Gasteiger partial charge in [0.2, 0.25) is 0 Å². The van der Waals surface area contributed by atoms with Crippen LogP contribution < -0.4 is 0 Å². The van der Waals surface area contributed by atoms with E-state index < -0.39 is 17.6 Å². The highest BCUT2D eigenvalue weighted by molar-refractivity contribution is 6.30. The van der Waals surface area contributed by atoms with Gasteiger partial charge in [-0.2, -0.15) is 13.2 Å². The van der Waals surface area contributed by atoms with Crippen LogP contribution in [0.2, 0.25) is 5.02 Å². The molecule has 0 spiro atoms. The summed E-state index contributed by atoms with van der Waals surface area (Å²) in [6.07, 6.45) is -4.38. The Morgan fingerprint density at radius 2 is 1.50 bits per heavy atom. The Kier molecular flexibility index (Phi) is 5.21. The molecule has 0 aliphatic carbocycles. The van der Waals surface area contributed by atoms with Gasteiger partial charge in [0.05, 0.1) is 10.6 Å². The molecule has 2 rings (SSSR count). The lowest BCUT2D eigenvalue weighted by Gasteiger charge is -2.05. The van der Waals surface area contributed by atoms with Crippen molar-refractivity contribution in [1.29, 1.82) is 0 Å². The van der Waals surface area contributed by atoms with Gasteiger partial charge in [-0.05, 0) is 30.3 Å². The van der Waals surface area contributed by atoms with Crippen molar-refractivity contribution < 1.29 is 27.8 Å². The molecule has 2 aromatic rings. The summed E-state index contributed by atoms with van der Waals surface area (Å²) in [4.78, 5) is 0. The first kappa shape index (κ1) is 16.1. The average Bonchev–Trinajstić information content (AvgIpc) is 2.34. The Balaban J connectivity index is 0.000000204. The van der Waals surface area contributed by atoms with Crippen LogP contribution in [0.5, 0.6) is 11.5 Å². The van der Waals surface area contributed by atoms with Crippen molar-refractivity contribution in [3.8, 4) is 11.5 Å². The topological polar surface area (TPSA) is 40.5 Å². The molecule has 0 aliphatic rings. The van der Waals surface area contributed by atoms with E-state index in [1.54, 1.807) is 0 Å². The number of halogens is 5. The summed E-state index contributed by atoms with van der Waals surface area (Å²) < 4.78 is 47.8. The van der Waals surface area contributed by atoms with E-state index in [4.69, 9.17) is 21.8 Å². The second-order valence-electron chi connectivity index (χ2n) is 3.65. The summed E-state index contributed by atoms with van der Waals surface area (Å²) in [5.41, 5.74) is -0.836. The number of phenols is 2. The van der Waals surface area contributed by atoms with Crippen molar-refractivity contribution in [2.45, 2.75) is 6.18 Å². The smallest absolute Gasteiger partial charge is 0.416 e. The van der Waals surface area contributed by atoms with Crippen LogP contribution in [-0.2, 0) is 6.18 Å². The Labute approximate surface area is 116 Å². The number of phenolic OH excluding ortho intramolecular Hbond substituents is 2. The quantitative estimate of drug-likeness (QED) is 0.699. The van der Waals surface area contributed by atoms with E-state index in [1.807, 2.05) is 0 Å². The van der Waals surface area contributed by atoms with Crippen LogP contribution in [-0.4, -0.2) is 10.2 Å². The molecule has 0 unspecified atom stereocenters. The summed E-state index contributed by atoms with van der Waals surface area (Å²) in [5, 5.41) is 17.3. The van der Waals surface area contributed by atoms with Crippen molar-refractivity contribution in [3.05, 3.63) is 58.9 Å². The fourth-order valence-corrected chi connectivity index (χ4v) is 1.34. The fraction of sp³-hybridized carbons (Fsp3) is 0.0769. The molecule has 0 radical (unpaired) electrons. The number of benzene rings is 2. The molecular weight excluding hydrogens is 300 g/mol. The third kappa shape index (κ3) is 4.97. The van der Waals surface area contributed by atoms with Crippen LogP contribution in [0.1, 0.15) is 5.56 Å². The first-order valence-corrected chi connectivity index (χ1v) is 5.58. The van der Waals surface area contributed by atoms with Gasteiger partial charge in [0.1, 0.15) is 17.3 Å². The summed E-state index contributed by atoms with van der Waals surface area (Å²) in [5.74, 6) is -0.921. The van der Waals surface area contributed by atoms with Crippen LogP contribution in [0.4, 0.5) is 17.6 Å². The molecule has 0 bridgehead atoms. The summed E-state index contributed by atoms with van der Waals surface area (Å²) in [6, 6.07) is 7.42. The third-order valence-electron chi connectivity index (χ3n) is 2.08. The molecule has 108 valence electrons. The van der Waals surface area contributed by atoms with Gasteiger partial charge in [-0.15, -0.1) is 0 Å². The third-order valence-corrected chi connectivity index (χ3v) is 2.37. The lowest BCUT2D eigenvalue weighted by Crippen LogP contribution is -2.03. The van der Waals surface area contributed by atoms with E-state index in [1.165, 1.54) is 12.1 Å². The van der Waals surface area contributed by atoms with Gasteiger partial charge < -0.3 is 10.2 Å². The first-order chi connectivity index (χ1) is 9.20. The lowest BCUT2D eigenvalue weighted by atomic mass is 10.2. The van der Waals surface area contributed by atoms with Gasteiger partial charge in [0.15, 0.2) is 0 Å². The molecule has 0 saturated heterocycles. The van der Waals surface area contributed by atoms with Crippen LogP contribution >= 0.6 is 11.6 Å². The summed E-state index contributed by atoms with van der Waals surface area (Å²) in [6.45, 7) is 0. The minimum Gasteiger partial charge on any atom is -0.508 e. The molecule has 2 nitrogen and oxygen atoms in total. The maximum absolute atomic E-state index is 12.3. The highest BCUT2D eigenvalue weighted by Gasteiger charge is 2.30. The zero-order valence-corrected chi connectivity index (χ0v) is 10.6. The monoisotopic (exact) mass is 308 g/mol. The van der Waals surface area contributed by atoms with Crippen LogP contribution in [0.25, 0.3) is 0 Å². The molecule has 0 atom stereocenters. The molecule has 20 heavy (non-hydrogen) atoms. The Bertz CT molecular complexity index is 585. The predicted molar refractivity (Wildman–Crippen MR) is 66.2 cm³/mol. The fourth-order valence-electron chi connectivity index (χ4n) is 1.17. The second kappa shape index (κ2) is 6.47. The number of hydrogen-bond donors (Lipinski definition) is 2. The highest BCUT2D eigenvalue weighted by atomic mass is 35.5. The minimum absolute atomic E-state index is 0.0265. The van der Waals surface area contributed by atoms with Crippen molar-refractivity contribution in [2.24, 2.45) is 0 Å². The van der Waals surface area contributed by atoms with Crippen molar-refractivity contribution in [3.63, 3.8) is 0 Å². The van der Waals surface area contributed by atoms with Gasteiger partial charge >= 0.3 is 6.18 Å². The molecule has 2 aromatic carbocycles. The number of aromatic hydroxyl groups is 2. The Hall–Kier alpha value is -1.95. The highest BCUT2D eigenvalue weighted by Crippen LogP contribution is 2.30. The number of rotatable bonds is 0. The summed E-state index contributed by atoms with van der Waals surface area (Å²) in [7, 11) is 0. The Morgan fingerprint density at radius 1 is 0.900 bits per heavy atom. The van der Waals surface area contributed by atoms with Gasteiger partial charge in [-0.25, -0.2) is 4.39 Å². The molecule has 0 fully saturated rings. The molecule has 0 aliphatic heterocycles. The van der Waals surface area contributed by atoms with Gasteiger partial charge in [0, 0.05) is 6.07 Å². The van der Waals surface area contributed by atoms with Crippen LogP contribution in [0, 0.1) is 5.82 Å². The van der Waals surface area contributed by atoms with Crippen molar-refractivity contribution in [2.75, 3.05) is 0 Å². The largest absolute Gasteiger partial charge is 0.508 e. The first-order valence-electron chi connectivity index (χ1n) is 5.20. The van der Waals surface area contributed by atoms with Crippen LogP contribution in [0.15, 0.2) is 42.5 Å². The molecule has 0 heterocycles. The molecule has 0 aromatic heterocycles. The SMILES string of the molecule is Oc1ccc(F)c(Cl)c1.Oc1cccc(C(F)(F)F)c1. The van der Waals surface area contributed by atoms with E-state index in [-0.39, 0.29) is 16.5 Å². The molecule has 0 saturated carbocycles. The standard InChI is InChI=1S/C7H5F3O.C6H4ClFO/c8-7(9,10)5-2-1-3-6(11)4-5;7-5-3-4(9)1-2-6(5)8/h1-4,11H;1-3,9H. The predicted octanol–water partition coefficient (Wildman–Crippen LogP) is 4.60. The van der Waals surface area contributed by atoms with E-state index in [0.29, 0.717) is 6.07 Å². The zero-order valence-electron chi connectivity index (χ0n) is 9.83. The normalized spacial score (nSPS) is 10.7. The van der Waals surface area contributed by atoms with Gasteiger partial charge in [0.25, 0.3) is 0 Å². The van der Waals surface area contributed by atoms with E-state index in [0.717, 1.165) is 24.3 Å². The Morgan fingerprint density at radius 3 is 1.90 bits per heavy atom. The minimum atomic E-state index is -4.38. The summed E-state index contributed by atoms with van der Waals surface area (Å²) >= 11 is 5.28. The number of hydrogen-bond acceptors (Lipinski definition) is 2. The van der Waals surface area contributed by atoms with Gasteiger partial charge in [-0.3, -0.25) is 0 Å². The van der Waals surface area contributed by atoms with Crippen LogP contribution in [0.3, 0.4) is 0 Å². The zero-order chi connectivity index (χ0) is 15.3. The van der Waals surface area contributed by atoms with E-state index in [9.17, 15) is 17.6 Å². The second-order valence-corrected chi connectivity index (χ2v) is 4.05. The number of alkyl halides is 3. The van der Waals surface area contributed by atoms with Gasteiger partial charge in [-0.1, -0.05) is 17.7 Å². The average molecular weight is 309 g/mol. The molecule has 2 N–H and O–H groups in total. The van der Waals surface area contributed by atoms with Crippen molar-refractivity contribution in [1.82, 2.24) is 0 Å². The van der Waals surface area contributed by atoms with E-state index in [2.05, 4.69) is 0 Å². The maximum Gasteiger partial charge on any atom is 0.416 e. The molecular formula is C13H9ClF4O2. The molecule has 7 heteroatoms. The van der Waals surface area contributed by atoms with Crippen molar-refractivity contribution >= 4 is 11.6 Å². The lowest BCUT2D eigenvalue weighted by molar-refractivity contribution is -0.137.